The van der Waals surface area contributed by atoms with E-state index >= 15 is 0 Å². The summed E-state index contributed by atoms with van der Waals surface area (Å²) in [5.41, 5.74) is 0.580. The minimum atomic E-state index is -0.453. The standard InChI is InChI=1S/C21H19N5O4S/c22-7-2-8-24-9-11-25(12-10-24)21-23-20(27)19(31-21)14-17-5-6-18(30-17)15-3-1-4-16(13-15)26(28)29/h1,3-6,13-14H,2,8-12H2. The molecule has 0 radical (unpaired) electrons. The Hall–Kier alpha value is -3.42. The Labute approximate surface area is 182 Å². The number of amides is 1. The monoisotopic (exact) mass is 437 g/mol. The summed E-state index contributed by atoms with van der Waals surface area (Å²) in [6.45, 7) is 3.95. The third-order valence-corrected chi connectivity index (χ3v) is 6.08. The number of nitro groups is 1. The van der Waals surface area contributed by atoms with Gasteiger partial charge in [-0.05, 0) is 23.9 Å². The van der Waals surface area contributed by atoms with Gasteiger partial charge in [-0.25, -0.2) is 0 Å². The van der Waals surface area contributed by atoms with Gasteiger partial charge >= 0.3 is 0 Å². The Kier molecular flexibility index (Phi) is 6.16. The van der Waals surface area contributed by atoms with Crippen molar-refractivity contribution in [2.45, 2.75) is 6.42 Å². The predicted molar refractivity (Wildman–Crippen MR) is 117 cm³/mol. The van der Waals surface area contributed by atoms with Crippen LogP contribution in [-0.2, 0) is 4.79 Å². The molecule has 0 saturated carbocycles. The maximum Gasteiger partial charge on any atom is 0.286 e. The zero-order valence-electron chi connectivity index (χ0n) is 16.6. The topological polar surface area (TPSA) is 116 Å². The van der Waals surface area contributed by atoms with Gasteiger partial charge in [0.2, 0.25) is 0 Å². The number of amidine groups is 1. The molecule has 1 fully saturated rings. The fraction of sp³-hybridized carbons (Fsp3) is 0.286. The van der Waals surface area contributed by atoms with Crippen LogP contribution in [0.3, 0.4) is 0 Å². The largest absolute Gasteiger partial charge is 0.457 e. The number of non-ortho nitro benzene ring substituents is 1. The maximum atomic E-state index is 12.4. The first-order valence-corrected chi connectivity index (χ1v) is 10.6. The molecule has 4 rings (SSSR count). The molecule has 0 spiro atoms. The number of carbonyl (C=O) groups is 1. The van der Waals surface area contributed by atoms with Crippen LogP contribution in [0.2, 0.25) is 0 Å². The molecule has 1 saturated heterocycles. The fourth-order valence-electron chi connectivity index (χ4n) is 3.39. The van der Waals surface area contributed by atoms with Gasteiger partial charge in [-0.3, -0.25) is 19.8 Å². The van der Waals surface area contributed by atoms with Crippen LogP contribution in [0.5, 0.6) is 0 Å². The summed E-state index contributed by atoms with van der Waals surface area (Å²) >= 11 is 1.32. The molecule has 0 bridgehead atoms. The highest BCUT2D eigenvalue weighted by Gasteiger charge is 2.28. The van der Waals surface area contributed by atoms with E-state index in [1.807, 2.05) is 0 Å². The van der Waals surface area contributed by atoms with Gasteiger partial charge in [0, 0.05) is 62.9 Å². The number of hydrogen-bond donors (Lipinski definition) is 0. The molecule has 0 atom stereocenters. The SMILES string of the molecule is N#CCCN1CCN(C2=NC(=O)C(=Cc3ccc(-c4cccc([N+](=O)[O-])c4)o3)S2)CC1. The Morgan fingerprint density at radius 1 is 1.26 bits per heavy atom. The first-order valence-electron chi connectivity index (χ1n) is 9.75. The molecule has 0 aliphatic carbocycles. The molecule has 1 amide bonds. The van der Waals surface area contributed by atoms with Crippen molar-refractivity contribution in [1.29, 1.82) is 5.26 Å². The fourth-order valence-corrected chi connectivity index (χ4v) is 4.34. The summed E-state index contributed by atoms with van der Waals surface area (Å²) in [6, 6.07) is 11.8. The Bertz CT molecular complexity index is 1110. The molecule has 31 heavy (non-hydrogen) atoms. The Balaban J connectivity index is 1.41. The van der Waals surface area contributed by atoms with Gasteiger partial charge in [-0.2, -0.15) is 10.3 Å². The maximum absolute atomic E-state index is 12.4. The van der Waals surface area contributed by atoms with Crippen LogP contribution in [0.4, 0.5) is 5.69 Å². The van der Waals surface area contributed by atoms with Gasteiger partial charge in [0.15, 0.2) is 5.17 Å². The molecular weight excluding hydrogens is 418 g/mol. The van der Waals surface area contributed by atoms with Crippen molar-refractivity contribution in [2.75, 3.05) is 32.7 Å². The van der Waals surface area contributed by atoms with E-state index in [1.165, 1.54) is 23.9 Å². The van der Waals surface area contributed by atoms with Crippen molar-refractivity contribution in [3.63, 3.8) is 0 Å². The third-order valence-electron chi connectivity index (χ3n) is 5.03. The highest BCUT2D eigenvalue weighted by molar-refractivity contribution is 8.18. The lowest BCUT2D eigenvalue weighted by Gasteiger charge is -2.34. The molecule has 1 aromatic carbocycles. The first kappa shape index (κ1) is 20.8. The quantitative estimate of drug-likeness (QED) is 0.397. The molecule has 158 valence electrons. The molecule has 2 aromatic rings. The molecule has 1 aromatic heterocycles. The van der Waals surface area contributed by atoms with Gasteiger partial charge < -0.3 is 9.32 Å². The van der Waals surface area contributed by atoms with Gasteiger partial charge in [0.05, 0.1) is 15.9 Å². The van der Waals surface area contributed by atoms with Gasteiger partial charge in [-0.15, -0.1) is 0 Å². The van der Waals surface area contributed by atoms with E-state index in [4.69, 9.17) is 9.68 Å². The molecule has 9 nitrogen and oxygen atoms in total. The van der Waals surface area contributed by atoms with Crippen LogP contribution in [0.1, 0.15) is 12.2 Å². The van der Waals surface area contributed by atoms with Crippen LogP contribution in [0.25, 0.3) is 17.4 Å². The number of rotatable bonds is 5. The molecule has 0 N–H and O–H groups in total. The van der Waals surface area contributed by atoms with Crippen molar-refractivity contribution in [2.24, 2.45) is 4.99 Å². The van der Waals surface area contributed by atoms with Crippen LogP contribution < -0.4 is 0 Å². The number of benzene rings is 1. The van der Waals surface area contributed by atoms with Gasteiger partial charge in [0.1, 0.15) is 11.5 Å². The van der Waals surface area contributed by atoms with Crippen LogP contribution >= 0.6 is 11.8 Å². The van der Waals surface area contributed by atoms with E-state index in [9.17, 15) is 14.9 Å². The van der Waals surface area contributed by atoms with Crippen molar-refractivity contribution in [3.05, 3.63) is 57.2 Å². The number of nitriles is 1. The van der Waals surface area contributed by atoms with E-state index < -0.39 is 4.92 Å². The highest BCUT2D eigenvalue weighted by Crippen LogP contribution is 2.32. The Morgan fingerprint density at radius 3 is 2.81 bits per heavy atom. The normalized spacial score (nSPS) is 18.3. The lowest BCUT2D eigenvalue weighted by atomic mass is 10.1. The zero-order chi connectivity index (χ0) is 21.8. The number of piperazine rings is 1. The van der Waals surface area contributed by atoms with E-state index in [0.29, 0.717) is 33.6 Å². The molecule has 3 heterocycles. The molecule has 2 aliphatic heterocycles. The van der Waals surface area contributed by atoms with Crippen LogP contribution in [0.15, 0.2) is 50.7 Å². The average molecular weight is 437 g/mol. The summed E-state index contributed by atoms with van der Waals surface area (Å²) in [5.74, 6) is 0.663. The average Bonchev–Trinajstić information content (AvgIpc) is 3.40. The van der Waals surface area contributed by atoms with Crippen molar-refractivity contribution in [3.8, 4) is 17.4 Å². The van der Waals surface area contributed by atoms with Crippen molar-refractivity contribution >= 4 is 34.6 Å². The minimum Gasteiger partial charge on any atom is -0.457 e. The van der Waals surface area contributed by atoms with Crippen molar-refractivity contribution in [1.82, 2.24) is 9.80 Å². The minimum absolute atomic E-state index is 0.0129. The molecule has 10 heteroatoms. The zero-order valence-corrected chi connectivity index (χ0v) is 17.4. The number of nitrogens with zero attached hydrogens (tertiary/aromatic N) is 5. The third kappa shape index (κ3) is 4.84. The molecule has 0 unspecified atom stereocenters. The van der Waals surface area contributed by atoms with Crippen LogP contribution in [-0.4, -0.2) is 58.5 Å². The predicted octanol–water partition coefficient (Wildman–Crippen LogP) is 3.36. The molecular formula is C21H19N5O4S. The Morgan fingerprint density at radius 2 is 2.06 bits per heavy atom. The second kappa shape index (κ2) is 9.16. The summed E-state index contributed by atoms with van der Waals surface area (Å²) < 4.78 is 5.78. The van der Waals surface area contributed by atoms with Gasteiger partial charge in [-0.1, -0.05) is 12.1 Å². The first-order chi connectivity index (χ1) is 15.0. The number of nitro benzene ring substituents is 1. The second-order valence-corrected chi connectivity index (χ2v) is 8.07. The van der Waals surface area contributed by atoms with Crippen LogP contribution in [0, 0.1) is 21.4 Å². The summed E-state index contributed by atoms with van der Waals surface area (Å²) in [5, 5.41) is 20.4. The second-order valence-electron chi connectivity index (χ2n) is 7.06. The summed E-state index contributed by atoms with van der Waals surface area (Å²) in [7, 11) is 0. The van der Waals surface area contributed by atoms with E-state index in [1.54, 1.807) is 30.3 Å². The number of furan rings is 1. The van der Waals surface area contributed by atoms with E-state index in [2.05, 4.69) is 20.9 Å². The van der Waals surface area contributed by atoms with Crippen molar-refractivity contribution < 1.29 is 14.1 Å². The number of aliphatic imine (C=N–C) groups is 1. The van der Waals surface area contributed by atoms with Gasteiger partial charge in [0.25, 0.3) is 11.6 Å². The van der Waals surface area contributed by atoms with E-state index in [0.717, 1.165) is 32.7 Å². The lowest BCUT2D eigenvalue weighted by molar-refractivity contribution is -0.384. The highest BCUT2D eigenvalue weighted by atomic mass is 32.2. The lowest BCUT2D eigenvalue weighted by Crippen LogP contribution is -2.47. The molecule has 2 aliphatic rings. The summed E-state index contributed by atoms with van der Waals surface area (Å²) in [4.78, 5) is 31.9. The van der Waals surface area contributed by atoms with E-state index in [-0.39, 0.29) is 11.6 Å². The smallest absolute Gasteiger partial charge is 0.286 e. The number of hydrogen-bond acceptors (Lipinski definition) is 8. The number of carbonyl (C=O) groups excluding carboxylic acids is 1. The summed E-state index contributed by atoms with van der Waals surface area (Å²) in [6.07, 6.45) is 2.16. The number of thioether (sulfide) groups is 1.